The van der Waals surface area contributed by atoms with Crippen LogP contribution in [0.3, 0.4) is 0 Å². The molecule has 3 nitrogen and oxygen atoms in total. The van der Waals surface area contributed by atoms with E-state index in [1.54, 1.807) is 23.3 Å². The van der Waals surface area contributed by atoms with Gasteiger partial charge in [0.15, 0.2) is 0 Å². The van der Waals surface area contributed by atoms with Gasteiger partial charge in [0.25, 0.3) is 0 Å². The smallest absolute Gasteiger partial charge is 0.409 e. The number of hydrogen-bond acceptors (Lipinski definition) is 3. The van der Waals surface area contributed by atoms with Crippen LogP contribution in [0.25, 0.3) is 10.1 Å². The molecule has 4 heteroatoms. The summed E-state index contributed by atoms with van der Waals surface area (Å²) in [6.45, 7) is 0.580. The van der Waals surface area contributed by atoms with E-state index in [4.69, 9.17) is 0 Å². The summed E-state index contributed by atoms with van der Waals surface area (Å²) in [5, 5.41) is 3.30. The average Bonchev–Trinajstić information content (AvgIpc) is 2.72. The van der Waals surface area contributed by atoms with E-state index in [1.807, 2.05) is 12.1 Å². The summed E-state index contributed by atoms with van der Waals surface area (Å²) in [5.74, 6) is 0. The Morgan fingerprint density at radius 2 is 2.19 bits per heavy atom. The fourth-order valence-corrected chi connectivity index (χ4v) is 2.59. The lowest BCUT2D eigenvalue weighted by molar-refractivity contribution is 0.131. The molecule has 0 radical (unpaired) electrons. The lowest BCUT2D eigenvalue weighted by Crippen LogP contribution is -2.25. The van der Waals surface area contributed by atoms with Crippen LogP contribution in [0.2, 0.25) is 0 Å². The Hall–Kier alpha value is -1.55. The number of rotatable bonds is 2. The standard InChI is InChI=1S/C12H13NO2S/c1-13(12(14)15-2)7-9-8-16-11-6-4-3-5-10(9)11/h3-6,8H,7H2,1-2H3. The number of carbonyl (C=O) groups is 1. The molecule has 1 aromatic carbocycles. The zero-order valence-electron chi connectivity index (χ0n) is 9.27. The Morgan fingerprint density at radius 1 is 1.44 bits per heavy atom. The van der Waals surface area contributed by atoms with E-state index in [-0.39, 0.29) is 6.09 Å². The van der Waals surface area contributed by atoms with Gasteiger partial charge in [-0.1, -0.05) is 18.2 Å². The molecular weight excluding hydrogens is 222 g/mol. The number of ether oxygens (including phenoxy) is 1. The second kappa shape index (κ2) is 4.53. The molecule has 1 heterocycles. The number of methoxy groups -OCH3 is 1. The van der Waals surface area contributed by atoms with Crippen molar-refractivity contribution in [1.82, 2.24) is 4.90 Å². The third-order valence-electron chi connectivity index (χ3n) is 2.45. The summed E-state index contributed by atoms with van der Waals surface area (Å²) in [4.78, 5) is 12.8. The van der Waals surface area contributed by atoms with E-state index in [2.05, 4.69) is 22.2 Å². The van der Waals surface area contributed by atoms with Crippen LogP contribution in [-0.2, 0) is 11.3 Å². The second-order valence-electron chi connectivity index (χ2n) is 3.58. The molecule has 0 spiro atoms. The maximum absolute atomic E-state index is 11.3. The summed E-state index contributed by atoms with van der Waals surface area (Å²) in [7, 11) is 3.13. The van der Waals surface area contributed by atoms with Gasteiger partial charge in [-0.25, -0.2) is 4.79 Å². The Morgan fingerprint density at radius 3 is 2.94 bits per heavy atom. The first-order chi connectivity index (χ1) is 7.72. The van der Waals surface area contributed by atoms with Crippen LogP contribution in [0.15, 0.2) is 29.6 Å². The molecule has 84 valence electrons. The van der Waals surface area contributed by atoms with Gasteiger partial charge in [0, 0.05) is 11.7 Å². The first-order valence-electron chi connectivity index (χ1n) is 4.96. The normalized spacial score (nSPS) is 10.4. The Bertz CT molecular complexity index is 506. The predicted octanol–water partition coefficient (Wildman–Crippen LogP) is 3.10. The quantitative estimate of drug-likeness (QED) is 0.800. The third-order valence-corrected chi connectivity index (χ3v) is 3.47. The van der Waals surface area contributed by atoms with Gasteiger partial charge in [-0.2, -0.15) is 0 Å². The van der Waals surface area contributed by atoms with Gasteiger partial charge in [-0.3, -0.25) is 0 Å². The molecule has 0 fully saturated rings. The number of thiophene rings is 1. The van der Waals surface area contributed by atoms with Crippen LogP contribution in [0.5, 0.6) is 0 Å². The summed E-state index contributed by atoms with van der Waals surface area (Å²) in [6, 6.07) is 8.19. The molecule has 0 aliphatic carbocycles. The summed E-state index contributed by atoms with van der Waals surface area (Å²) in [6.07, 6.45) is -0.310. The predicted molar refractivity (Wildman–Crippen MR) is 65.7 cm³/mol. The first-order valence-corrected chi connectivity index (χ1v) is 5.84. The van der Waals surface area contributed by atoms with Gasteiger partial charge in [-0.05, 0) is 22.4 Å². The summed E-state index contributed by atoms with van der Waals surface area (Å²) < 4.78 is 5.91. The van der Waals surface area contributed by atoms with Gasteiger partial charge in [-0.15, -0.1) is 11.3 Å². The molecule has 1 amide bonds. The number of amides is 1. The van der Waals surface area contributed by atoms with Crippen LogP contribution < -0.4 is 0 Å². The minimum absolute atomic E-state index is 0.310. The van der Waals surface area contributed by atoms with Crippen molar-refractivity contribution in [3.63, 3.8) is 0 Å². The van der Waals surface area contributed by atoms with E-state index in [1.165, 1.54) is 17.2 Å². The van der Waals surface area contributed by atoms with Crippen molar-refractivity contribution in [3.8, 4) is 0 Å². The number of hydrogen-bond donors (Lipinski definition) is 0. The molecule has 0 saturated carbocycles. The zero-order chi connectivity index (χ0) is 11.5. The molecule has 0 aliphatic rings. The van der Waals surface area contributed by atoms with Gasteiger partial charge in [0.2, 0.25) is 0 Å². The topological polar surface area (TPSA) is 29.5 Å². The van der Waals surface area contributed by atoms with Crippen molar-refractivity contribution in [2.24, 2.45) is 0 Å². The van der Waals surface area contributed by atoms with Crippen LogP contribution in [-0.4, -0.2) is 25.2 Å². The number of nitrogens with zero attached hydrogens (tertiary/aromatic N) is 1. The summed E-state index contributed by atoms with van der Waals surface area (Å²) >= 11 is 1.70. The largest absolute Gasteiger partial charge is 0.453 e. The van der Waals surface area contributed by atoms with Crippen LogP contribution >= 0.6 is 11.3 Å². The van der Waals surface area contributed by atoms with Crippen molar-refractivity contribution in [2.75, 3.05) is 14.2 Å². The molecule has 0 aliphatic heterocycles. The van der Waals surface area contributed by atoms with Crippen LogP contribution in [0.4, 0.5) is 4.79 Å². The minimum atomic E-state index is -0.310. The van der Waals surface area contributed by atoms with E-state index in [0.717, 1.165) is 5.56 Å². The minimum Gasteiger partial charge on any atom is -0.453 e. The van der Waals surface area contributed by atoms with E-state index < -0.39 is 0 Å². The number of fused-ring (bicyclic) bond motifs is 1. The highest BCUT2D eigenvalue weighted by Crippen LogP contribution is 2.26. The molecule has 16 heavy (non-hydrogen) atoms. The van der Waals surface area contributed by atoms with Crippen molar-refractivity contribution in [2.45, 2.75) is 6.54 Å². The van der Waals surface area contributed by atoms with Crippen molar-refractivity contribution in [3.05, 3.63) is 35.2 Å². The van der Waals surface area contributed by atoms with Gasteiger partial charge < -0.3 is 9.64 Å². The van der Waals surface area contributed by atoms with Gasteiger partial charge in [0.1, 0.15) is 0 Å². The SMILES string of the molecule is COC(=O)N(C)Cc1csc2ccccc12. The molecule has 0 N–H and O–H groups in total. The molecular formula is C12H13NO2S. The van der Waals surface area contributed by atoms with Gasteiger partial charge >= 0.3 is 6.09 Å². The molecule has 2 rings (SSSR count). The molecule has 2 aromatic rings. The van der Waals surface area contributed by atoms with Crippen LogP contribution in [0.1, 0.15) is 5.56 Å². The number of benzene rings is 1. The maximum atomic E-state index is 11.3. The van der Waals surface area contributed by atoms with Crippen molar-refractivity contribution >= 4 is 27.5 Å². The molecule has 1 aromatic heterocycles. The fraction of sp³-hybridized carbons (Fsp3) is 0.250. The first kappa shape index (κ1) is 11.0. The highest BCUT2D eigenvalue weighted by Gasteiger charge is 2.11. The Kier molecular flexibility index (Phi) is 3.10. The van der Waals surface area contributed by atoms with Gasteiger partial charge in [0.05, 0.1) is 13.7 Å². The molecule has 0 saturated heterocycles. The highest BCUT2D eigenvalue weighted by molar-refractivity contribution is 7.17. The summed E-state index contributed by atoms with van der Waals surface area (Å²) in [5.41, 5.74) is 1.16. The molecule has 0 bridgehead atoms. The average molecular weight is 235 g/mol. The second-order valence-corrected chi connectivity index (χ2v) is 4.49. The third kappa shape index (κ3) is 2.02. The van der Waals surface area contributed by atoms with E-state index in [9.17, 15) is 4.79 Å². The van der Waals surface area contributed by atoms with E-state index >= 15 is 0 Å². The Labute approximate surface area is 98.2 Å². The fourth-order valence-electron chi connectivity index (χ4n) is 1.63. The monoisotopic (exact) mass is 235 g/mol. The maximum Gasteiger partial charge on any atom is 0.409 e. The Balaban J connectivity index is 2.24. The molecule has 0 atom stereocenters. The molecule has 0 unspecified atom stereocenters. The van der Waals surface area contributed by atoms with Crippen LogP contribution in [0, 0.1) is 0 Å². The zero-order valence-corrected chi connectivity index (χ0v) is 10.1. The van der Waals surface area contributed by atoms with Crippen molar-refractivity contribution < 1.29 is 9.53 Å². The lowest BCUT2D eigenvalue weighted by Gasteiger charge is -2.14. The van der Waals surface area contributed by atoms with Crippen molar-refractivity contribution in [1.29, 1.82) is 0 Å². The highest BCUT2D eigenvalue weighted by atomic mass is 32.1. The number of carbonyl (C=O) groups excluding carboxylic acids is 1. The lowest BCUT2D eigenvalue weighted by atomic mass is 10.2. The van der Waals surface area contributed by atoms with E-state index in [0.29, 0.717) is 6.54 Å².